The van der Waals surface area contributed by atoms with Gasteiger partial charge in [0.2, 0.25) is 5.91 Å². The molecule has 5 heterocycles. The molecule has 0 bridgehead atoms. The first-order valence-electron chi connectivity index (χ1n) is 12.8. The molecule has 3 aliphatic rings. The summed E-state index contributed by atoms with van der Waals surface area (Å²) in [6.45, 7) is 4.75. The van der Waals surface area contributed by atoms with Crippen molar-refractivity contribution in [2.45, 2.75) is 38.2 Å². The van der Waals surface area contributed by atoms with Gasteiger partial charge in [0.05, 0.1) is 10.3 Å². The molecule has 0 saturated carbocycles. The van der Waals surface area contributed by atoms with Crippen LogP contribution in [0.5, 0.6) is 0 Å². The number of hydrogen-bond acceptors (Lipinski definition) is 7. The number of halogens is 6. The number of rotatable bonds is 3. The van der Waals surface area contributed by atoms with E-state index in [1.54, 1.807) is 6.20 Å². The number of amides is 2. The third-order valence-corrected chi connectivity index (χ3v) is 8.52. The molecule has 2 aromatic rings. The summed E-state index contributed by atoms with van der Waals surface area (Å²) in [4.78, 5) is 53.1. The normalized spacial score (nSPS) is 21.4. The lowest BCUT2D eigenvalue weighted by atomic mass is 9.60. The van der Waals surface area contributed by atoms with Gasteiger partial charge >= 0.3 is 24.3 Å². The summed E-state index contributed by atoms with van der Waals surface area (Å²) < 4.78 is 63.5. The maximum absolute atomic E-state index is 13.0. The fraction of sp³-hybridized carbons (Fsp3) is 0.500. The highest BCUT2D eigenvalue weighted by Crippen LogP contribution is 2.56. The van der Waals surface area contributed by atoms with Gasteiger partial charge < -0.3 is 20.4 Å². The fourth-order valence-electron chi connectivity index (χ4n) is 5.71. The maximum atomic E-state index is 13.0. The van der Waals surface area contributed by atoms with Crippen molar-refractivity contribution in [3.8, 4) is 0 Å². The Morgan fingerprint density at radius 2 is 1.56 bits per heavy atom. The summed E-state index contributed by atoms with van der Waals surface area (Å²) >= 11 is 1.50. The summed E-state index contributed by atoms with van der Waals surface area (Å²) in [5.74, 6) is -5.17. The number of nitrogens with zero attached hydrogens (tertiary/aromatic N) is 3. The topological polar surface area (TPSA) is 140 Å². The van der Waals surface area contributed by atoms with Gasteiger partial charge in [0, 0.05) is 57.1 Å². The zero-order valence-corrected chi connectivity index (χ0v) is 23.3. The van der Waals surface area contributed by atoms with Gasteiger partial charge in [-0.1, -0.05) is 12.1 Å². The molecule has 1 atom stereocenters. The number of carbonyl (C=O) groups is 4. The molecule has 236 valence electrons. The monoisotopic (exact) mass is 638 g/mol. The van der Waals surface area contributed by atoms with E-state index in [1.165, 1.54) is 16.9 Å². The molecule has 5 rings (SSSR count). The van der Waals surface area contributed by atoms with E-state index in [1.807, 2.05) is 34.7 Å². The standard InChI is InChI=1S/C22H26N4O2S.2C2HF3O2/c27-19(18-4-2-12-29-18)26-10-6-21(7-11-26)15-25(14-17-3-1-8-23-13-17)16-22(21)5-9-24-20(22)28;2*3-2(4,5)1(6)7/h1-4,8,12-13H,5-7,9-11,14-16H2,(H,24,28);2*(H,6,7). The molecule has 3 saturated heterocycles. The van der Waals surface area contributed by atoms with Gasteiger partial charge in [0.1, 0.15) is 0 Å². The average Bonchev–Trinajstić information content (AvgIpc) is 3.66. The Kier molecular flexibility index (Phi) is 10.4. The van der Waals surface area contributed by atoms with Crippen molar-refractivity contribution in [1.29, 1.82) is 0 Å². The Bertz CT molecular complexity index is 1260. The van der Waals surface area contributed by atoms with Crippen molar-refractivity contribution in [1.82, 2.24) is 20.1 Å². The number of carboxylic acids is 2. The van der Waals surface area contributed by atoms with Crippen LogP contribution in [0.25, 0.3) is 0 Å². The Balaban J connectivity index is 0.000000303. The predicted molar refractivity (Wildman–Crippen MR) is 139 cm³/mol. The maximum Gasteiger partial charge on any atom is 0.490 e. The van der Waals surface area contributed by atoms with Gasteiger partial charge in [-0.15, -0.1) is 11.3 Å². The Morgan fingerprint density at radius 1 is 0.953 bits per heavy atom. The summed E-state index contributed by atoms with van der Waals surface area (Å²) in [6, 6.07) is 7.89. The lowest BCUT2D eigenvalue weighted by Crippen LogP contribution is -2.53. The quantitative estimate of drug-likeness (QED) is 0.433. The van der Waals surface area contributed by atoms with Gasteiger partial charge in [0.15, 0.2) is 0 Å². The number of nitrogens with one attached hydrogen (secondary N) is 1. The molecule has 0 aromatic carbocycles. The second-order valence-corrected chi connectivity index (χ2v) is 11.2. The first kappa shape index (κ1) is 33.8. The minimum Gasteiger partial charge on any atom is -0.475 e. The molecule has 2 aromatic heterocycles. The Hall–Kier alpha value is -3.73. The minimum absolute atomic E-state index is 0.0535. The van der Waals surface area contributed by atoms with E-state index >= 15 is 0 Å². The van der Waals surface area contributed by atoms with Crippen LogP contribution in [0.4, 0.5) is 26.3 Å². The minimum atomic E-state index is -5.08. The molecule has 3 aliphatic heterocycles. The highest BCUT2D eigenvalue weighted by molar-refractivity contribution is 7.12. The lowest BCUT2D eigenvalue weighted by Gasteiger charge is -2.46. The SMILES string of the molecule is O=C(O)C(F)(F)F.O=C(O)C(F)(F)F.O=C(c1cccs1)N1CCC2(CC1)CN(Cc1cccnc1)CC21CCNC1=O. The second kappa shape index (κ2) is 13.3. The zero-order valence-electron chi connectivity index (χ0n) is 22.5. The third-order valence-electron chi connectivity index (χ3n) is 7.66. The first-order valence-corrected chi connectivity index (χ1v) is 13.7. The summed E-state index contributed by atoms with van der Waals surface area (Å²) in [6.07, 6.45) is -3.79. The van der Waals surface area contributed by atoms with Gasteiger partial charge in [-0.25, -0.2) is 9.59 Å². The number of hydrogen-bond donors (Lipinski definition) is 3. The summed E-state index contributed by atoms with van der Waals surface area (Å²) in [5, 5.41) is 19.3. The number of pyridine rings is 1. The van der Waals surface area contributed by atoms with E-state index in [-0.39, 0.29) is 22.6 Å². The number of carbonyl (C=O) groups excluding carboxylic acids is 2. The number of aliphatic carboxylic acids is 2. The molecular formula is C26H28F6N4O6S. The average molecular weight is 639 g/mol. The van der Waals surface area contributed by atoms with E-state index in [4.69, 9.17) is 19.8 Å². The molecule has 17 heteroatoms. The number of thiophene rings is 1. The largest absolute Gasteiger partial charge is 0.490 e. The molecular weight excluding hydrogens is 610 g/mol. The highest BCUT2D eigenvalue weighted by Gasteiger charge is 2.63. The molecule has 3 fully saturated rings. The van der Waals surface area contributed by atoms with Crippen LogP contribution in [0.15, 0.2) is 42.0 Å². The van der Waals surface area contributed by atoms with Crippen LogP contribution in [0.3, 0.4) is 0 Å². The van der Waals surface area contributed by atoms with Crippen molar-refractivity contribution in [2.75, 3.05) is 32.7 Å². The number of fused-ring (bicyclic) bond motifs is 1. The van der Waals surface area contributed by atoms with Crippen LogP contribution in [-0.4, -0.2) is 93.8 Å². The van der Waals surface area contributed by atoms with E-state index in [2.05, 4.69) is 21.3 Å². The molecule has 3 N–H and O–H groups in total. The van der Waals surface area contributed by atoms with Crippen LogP contribution in [0.1, 0.15) is 34.5 Å². The smallest absolute Gasteiger partial charge is 0.475 e. The molecule has 0 radical (unpaired) electrons. The van der Waals surface area contributed by atoms with Crippen LogP contribution in [-0.2, 0) is 20.9 Å². The molecule has 2 spiro atoms. The van der Waals surface area contributed by atoms with Crippen LogP contribution >= 0.6 is 11.3 Å². The van der Waals surface area contributed by atoms with E-state index in [0.29, 0.717) is 0 Å². The fourth-order valence-corrected chi connectivity index (χ4v) is 6.40. The van der Waals surface area contributed by atoms with Crippen molar-refractivity contribution in [3.63, 3.8) is 0 Å². The zero-order chi connectivity index (χ0) is 32.1. The van der Waals surface area contributed by atoms with Crippen molar-refractivity contribution in [3.05, 3.63) is 52.5 Å². The third kappa shape index (κ3) is 8.01. The molecule has 0 aliphatic carbocycles. The van der Waals surface area contributed by atoms with Crippen LogP contribution in [0.2, 0.25) is 0 Å². The lowest BCUT2D eigenvalue weighted by molar-refractivity contribution is -0.193. The van der Waals surface area contributed by atoms with Gasteiger partial charge in [0.25, 0.3) is 5.91 Å². The Morgan fingerprint density at radius 3 is 2.00 bits per heavy atom. The number of piperidine rings is 1. The van der Waals surface area contributed by atoms with Crippen molar-refractivity contribution in [2.24, 2.45) is 10.8 Å². The molecule has 1 unspecified atom stereocenters. The van der Waals surface area contributed by atoms with E-state index < -0.39 is 24.3 Å². The molecule has 43 heavy (non-hydrogen) atoms. The summed E-state index contributed by atoms with van der Waals surface area (Å²) in [7, 11) is 0. The number of aromatic nitrogens is 1. The summed E-state index contributed by atoms with van der Waals surface area (Å²) in [5.41, 5.74) is 0.804. The van der Waals surface area contributed by atoms with Crippen molar-refractivity contribution >= 4 is 35.1 Å². The van der Waals surface area contributed by atoms with Crippen molar-refractivity contribution < 1.29 is 55.7 Å². The number of alkyl halides is 6. The Labute approximate surface area is 245 Å². The number of carboxylic acid groups (broad SMARTS) is 2. The van der Waals surface area contributed by atoms with Crippen LogP contribution < -0.4 is 5.32 Å². The number of likely N-dealkylation sites (tertiary alicyclic amines) is 2. The predicted octanol–water partition coefficient (Wildman–Crippen LogP) is 3.65. The van der Waals surface area contributed by atoms with Gasteiger partial charge in [-0.3, -0.25) is 19.5 Å². The highest BCUT2D eigenvalue weighted by atomic mass is 32.1. The van der Waals surface area contributed by atoms with Crippen LogP contribution in [0, 0.1) is 10.8 Å². The van der Waals surface area contributed by atoms with Gasteiger partial charge in [-0.2, -0.15) is 26.3 Å². The van der Waals surface area contributed by atoms with E-state index in [9.17, 15) is 35.9 Å². The second-order valence-electron chi connectivity index (χ2n) is 10.3. The molecule has 10 nitrogen and oxygen atoms in total. The first-order chi connectivity index (χ1) is 20.0. The van der Waals surface area contributed by atoms with E-state index in [0.717, 1.165) is 63.4 Å². The molecule has 2 amide bonds. The van der Waals surface area contributed by atoms with Gasteiger partial charge in [-0.05, 0) is 42.3 Å².